The molecule has 2 rings (SSSR count). The predicted octanol–water partition coefficient (Wildman–Crippen LogP) is 5.24. The van der Waals surface area contributed by atoms with Crippen molar-refractivity contribution < 1.29 is 37.0 Å². The van der Waals surface area contributed by atoms with E-state index < -0.39 is 35.6 Å². The molecule has 192 valence electrons. The number of amides is 2. The van der Waals surface area contributed by atoms with Crippen LogP contribution >= 0.6 is 0 Å². The molecule has 0 aliphatic carbocycles. The third-order valence-corrected chi connectivity index (χ3v) is 5.82. The summed E-state index contributed by atoms with van der Waals surface area (Å²) in [4.78, 5) is 42.4. The molecule has 0 fully saturated rings. The molecule has 1 heterocycles. The van der Waals surface area contributed by atoms with Gasteiger partial charge in [-0.3, -0.25) is 4.90 Å². The SMILES string of the molecule is CCOC(=O)C1=C(C)N(C(=O)N(CC)CC)C(C)=C(C(=O)OCC)C1c1ccccc1C(F)(F)F. The summed E-state index contributed by atoms with van der Waals surface area (Å²) in [6, 6.07) is 4.21. The van der Waals surface area contributed by atoms with E-state index in [0.29, 0.717) is 13.1 Å². The van der Waals surface area contributed by atoms with Crippen molar-refractivity contribution in [3.63, 3.8) is 0 Å². The summed E-state index contributed by atoms with van der Waals surface area (Å²) >= 11 is 0. The maximum Gasteiger partial charge on any atom is 0.416 e. The fourth-order valence-corrected chi connectivity index (χ4v) is 4.24. The van der Waals surface area contributed by atoms with Crippen molar-refractivity contribution in [1.82, 2.24) is 9.80 Å². The molecule has 1 aliphatic heterocycles. The minimum absolute atomic E-state index is 0.0509. The van der Waals surface area contributed by atoms with Crippen LogP contribution in [0.15, 0.2) is 46.8 Å². The van der Waals surface area contributed by atoms with E-state index in [2.05, 4.69) is 0 Å². The lowest BCUT2D eigenvalue weighted by atomic mass is 9.78. The lowest BCUT2D eigenvalue weighted by Crippen LogP contribution is -2.45. The number of ether oxygens (including phenoxy) is 2. The van der Waals surface area contributed by atoms with Crippen LogP contribution in [0, 0.1) is 0 Å². The van der Waals surface area contributed by atoms with Crippen molar-refractivity contribution in [2.45, 2.75) is 53.6 Å². The van der Waals surface area contributed by atoms with Crippen LogP contribution in [0.5, 0.6) is 0 Å². The van der Waals surface area contributed by atoms with Gasteiger partial charge in [0.1, 0.15) is 0 Å². The fraction of sp³-hybridized carbons (Fsp3) is 0.480. The first-order valence-corrected chi connectivity index (χ1v) is 11.5. The molecule has 2 amide bonds. The molecule has 10 heteroatoms. The molecule has 1 aliphatic rings. The quantitative estimate of drug-likeness (QED) is 0.483. The van der Waals surface area contributed by atoms with Gasteiger partial charge in [-0.2, -0.15) is 13.2 Å². The third kappa shape index (κ3) is 5.52. The molecule has 0 saturated carbocycles. The Bertz CT molecular complexity index is 1000. The van der Waals surface area contributed by atoms with Crippen molar-refractivity contribution in [2.75, 3.05) is 26.3 Å². The van der Waals surface area contributed by atoms with E-state index in [-0.39, 0.29) is 41.3 Å². The van der Waals surface area contributed by atoms with Crippen LogP contribution in [0.2, 0.25) is 0 Å². The number of hydrogen-bond acceptors (Lipinski definition) is 5. The molecule has 0 saturated heterocycles. The summed E-state index contributed by atoms with van der Waals surface area (Å²) in [6.45, 7) is 10.2. The van der Waals surface area contributed by atoms with Gasteiger partial charge in [-0.1, -0.05) is 18.2 Å². The highest BCUT2D eigenvalue weighted by Crippen LogP contribution is 2.47. The van der Waals surface area contributed by atoms with E-state index in [1.165, 1.54) is 41.8 Å². The first kappa shape index (κ1) is 27.9. The van der Waals surface area contributed by atoms with E-state index in [1.54, 1.807) is 27.7 Å². The smallest absolute Gasteiger partial charge is 0.416 e. The van der Waals surface area contributed by atoms with Gasteiger partial charge in [0.2, 0.25) is 0 Å². The zero-order valence-electron chi connectivity index (χ0n) is 20.8. The van der Waals surface area contributed by atoms with E-state index in [0.717, 1.165) is 6.07 Å². The minimum Gasteiger partial charge on any atom is -0.463 e. The number of alkyl halides is 3. The van der Waals surface area contributed by atoms with Crippen LogP contribution < -0.4 is 0 Å². The van der Waals surface area contributed by atoms with Crippen LogP contribution in [-0.2, 0) is 25.2 Å². The highest BCUT2D eigenvalue weighted by atomic mass is 19.4. The van der Waals surface area contributed by atoms with Crippen LogP contribution in [0.3, 0.4) is 0 Å². The number of halogens is 3. The Morgan fingerprint density at radius 3 is 1.74 bits per heavy atom. The maximum absolute atomic E-state index is 14.0. The third-order valence-electron chi connectivity index (χ3n) is 5.82. The molecule has 0 atom stereocenters. The van der Waals surface area contributed by atoms with Crippen molar-refractivity contribution in [3.8, 4) is 0 Å². The molecular weight excluding hydrogens is 465 g/mol. The average Bonchev–Trinajstić information content (AvgIpc) is 2.79. The van der Waals surface area contributed by atoms with E-state index in [4.69, 9.17) is 9.47 Å². The molecule has 0 aromatic heterocycles. The van der Waals surface area contributed by atoms with Gasteiger partial charge in [0.05, 0.1) is 35.8 Å². The van der Waals surface area contributed by atoms with E-state index >= 15 is 0 Å². The van der Waals surface area contributed by atoms with Gasteiger partial charge in [-0.15, -0.1) is 0 Å². The molecule has 7 nitrogen and oxygen atoms in total. The van der Waals surface area contributed by atoms with Crippen molar-refractivity contribution in [1.29, 1.82) is 0 Å². The summed E-state index contributed by atoms with van der Waals surface area (Å²) in [5.41, 5.74) is -1.58. The summed E-state index contributed by atoms with van der Waals surface area (Å²) in [7, 11) is 0. The Hall–Kier alpha value is -3.30. The Morgan fingerprint density at radius 1 is 0.886 bits per heavy atom. The van der Waals surface area contributed by atoms with Crippen LogP contribution in [0.1, 0.15) is 58.6 Å². The number of esters is 2. The van der Waals surface area contributed by atoms with Gasteiger partial charge >= 0.3 is 24.1 Å². The summed E-state index contributed by atoms with van der Waals surface area (Å²) < 4.78 is 52.4. The standard InChI is InChI=1S/C25H31F3N2O5/c1-7-29(8-2)24(33)30-15(5)19(22(31)34-9-3)21(20(16(30)6)23(32)35-10-4)17-13-11-12-14-18(17)25(26,27)28/h11-14,21H,7-10H2,1-6H3. The van der Waals surface area contributed by atoms with Gasteiger partial charge in [0.25, 0.3) is 0 Å². The number of urea groups is 1. The number of allylic oxidation sites excluding steroid dienone is 2. The van der Waals surface area contributed by atoms with Crippen LogP contribution in [-0.4, -0.2) is 54.1 Å². The predicted molar refractivity (Wildman–Crippen MR) is 123 cm³/mol. The van der Waals surface area contributed by atoms with Gasteiger partial charge in [-0.05, 0) is 53.2 Å². The van der Waals surface area contributed by atoms with E-state index in [9.17, 15) is 27.6 Å². The topological polar surface area (TPSA) is 76.2 Å². The molecule has 1 aromatic rings. The second-order valence-corrected chi connectivity index (χ2v) is 7.75. The normalized spacial score (nSPS) is 14.8. The van der Waals surface area contributed by atoms with Gasteiger partial charge < -0.3 is 14.4 Å². The number of benzene rings is 1. The first-order chi connectivity index (χ1) is 16.5. The molecule has 0 unspecified atom stereocenters. The minimum atomic E-state index is -4.76. The summed E-state index contributed by atoms with van der Waals surface area (Å²) in [6.07, 6.45) is -4.76. The Balaban J connectivity index is 2.97. The van der Waals surface area contributed by atoms with Gasteiger partial charge in [0, 0.05) is 24.5 Å². The molecule has 35 heavy (non-hydrogen) atoms. The number of hydrogen-bond donors (Lipinski definition) is 0. The van der Waals surface area contributed by atoms with Crippen LogP contribution in [0.25, 0.3) is 0 Å². The molecule has 1 aromatic carbocycles. The molecule has 0 spiro atoms. The highest BCUT2D eigenvalue weighted by Gasteiger charge is 2.46. The second kappa shape index (κ2) is 11.4. The zero-order chi connectivity index (χ0) is 26.5. The Labute approximate surface area is 203 Å². The molecular formula is C25H31F3N2O5. The monoisotopic (exact) mass is 496 g/mol. The second-order valence-electron chi connectivity index (χ2n) is 7.75. The average molecular weight is 497 g/mol. The van der Waals surface area contributed by atoms with Gasteiger partial charge in [-0.25, -0.2) is 14.4 Å². The van der Waals surface area contributed by atoms with Gasteiger partial charge in [0.15, 0.2) is 0 Å². The summed E-state index contributed by atoms with van der Waals surface area (Å²) in [5.74, 6) is -3.29. The fourth-order valence-electron chi connectivity index (χ4n) is 4.24. The first-order valence-electron chi connectivity index (χ1n) is 11.5. The number of carbonyl (C=O) groups is 3. The zero-order valence-corrected chi connectivity index (χ0v) is 20.8. The number of carbonyl (C=O) groups excluding carboxylic acids is 3. The molecule has 0 N–H and O–H groups in total. The van der Waals surface area contributed by atoms with Crippen molar-refractivity contribution >= 4 is 18.0 Å². The highest BCUT2D eigenvalue weighted by molar-refractivity contribution is 6.01. The van der Waals surface area contributed by atoms with Crippen molar-refractivity contribution in [2.24, 2.45) is 0 Å². The number of rotatable bonds is 7. The Kier molecular flexibility index (Phi) is 9.12. The maximum atomic E-state index is 14.0. The largest absolute Gasteiger partial charge is 0.463 e. The lowest BCUT2D eigenvalue weighted by Gasteiger charge is -2.39. The van der Waals surface area contributed by atoms with Crippen molar-refractivity contribution in [3.05, 3.63) is 57.9 Å². The van der Waals surface area contributed by atoms with E-state index in [1.807, 2.05) is 0 Å². The number of nitrogens with zero attached hydrogens (tertiary/aromatic N) is 2. The Morgan fingerprint density at radius 2 is 1.34 bits per heavy atom. The lowest BCUT2D eigenvalue weighted by molar-refractivity contribution is -0.142. The summed E-state index contributed by atoms with van der Waals surface area (Å²) in [5, 5.41) is 0. The van der Waals surface area contributed by atoms with Crippen LogP contribution in [0.4, 0.5) is 18.0 Å². The molecule has 0 bridgehead atoms. The molecule has 0 radical (unpaired) electrons.